The summed E-state index contributed by atoms with van der Waals surface area (Å²) in [5, 5.41) is 5.45. The van der Waals surface area contributed by atoms with Gasteiger partial charge in [0.15, 0.2) is 4.96 Å². The maximum atomic E-state index is 13.4. The molecule has 0 spiro atoms. The molecule has 2 amide bonds. The first-order valence-electron chi connectivity index (χ1n) is 14.0. The van der Waals surface area contributed by atoms with Crippen LogP contribution in [-0.2, 0) is 9.59 Å². The van der Waals surface area contributed by atoms with Crippen LogP contribution in [0.4, 0.5) is 0 Å². The van der Waals surface area contributed by atoms with E-state index in [0.717, 1.165) is 63.5 Å². The van der Waals surface area contributed by atoms with Crippen LogP contribution >= 0.6 is 22.9 Å². The van der Waals surface area contributed by atoms with Gasteiger partial charge >= 0.3 is 0 Å². The summed E-state index contributed by atoms with van der Waals surface area (Å²) in [6, 6.07) is 16.3. The highest BCUT2D eigenvalue weighted by molar-refractivity contribution is 7.15. The number of aliphatic imine (C=N–C) groups is 1. The predicted molar refractivity (Wildman–Crippen MR) is 166 cm³/mol. The molecular weight excluding hydrogens is 554 g/mol. The summed E-state index contributed by atoms with van der Waals surface area (Å²) in [5.74, 6) is -0.182. The van der Waals surface area contributed by atoms with Gasteiger partial charge in [-0.2, -0.15) is 0 Å². The van der Waals surface area contributed by atoms with Crippen LogP contribution in [0.15, 0.2) is 71.3 Å². The van der Waals surface area contributed by atoms with Crippen LogP contribution < -0.4 is 5.32 Å². The van der Waals surface area contributed by atoms with Gasteiger partial charge in [0.25, 0.3) is 0 Å². The van der Waals surface area contributed by atoms with E-state index in [2.05, 4.69) is 58.8 Å². The summed E-state index contributed by atoms with van der Waals surface area (Å²) in [6.07, 6.45) is 6.43. The molecule has 0 saturated carbocycles. The van der Waals surface area contributed by atoms with Crippen LogP contribution in [0, 0.1) is 5.92 Å². The van der Waals surface area contributed by atoms with Crippen molar-refractivity contribution < 1.29 is 9.59 Å². The molecule has 1 N–H and O–H groups in total. The zero-order valence-corrected chi connectivity index (χ0v) is 24.9. The molecule has 2 aliphatic heterocycles. The largest absolute Gasteiger partial charge is 0.344 e. The number of nitrogens with zero attached hydrogens (tertiary/aromatic N) is 4. The lowest BCUT2D eigenvalue weighted by atomic mass is 9.95. The van der Waals surface area contributed by atoms with E-state index >= 15 is 0 Å². The minimum atomic E-state index is -0.516. The summed E-state index contributed by atoms with van der Waals surface area (Å²) in [5.41, 5.74) is 7.33. The van der Waals surface area contributed by atoms with Gasteiger partial charge in [-0.3, -0.25) is 19.0 Å². The monoisotopic (exact) mass is 585 g/mol. The molecule has 2 aromatic heterocycles. The number of nitrogens with one attached hydrogen (secondary N) is 1. The second kappa shape index (κ2) is 11.3. The fourth-order valence-corrected chi connectivity index (χ4v) is 6.81. The third-order valence-corrected chi connectivity index (χ3v) is 9.04. The van der Waals surface area contributed by atoms with Gasteiger partial charge in [-0.15, -0.1) is 11.3 Å². The molecule has 0 radical (unpaired) electrons. The Labute approximate surface area is 248 Å². The molecule has 1 unspecified atom stereocenters. The third kappa shape index (κ3) is 5.34. The maximum Gasteiger partial charge on any atom is 0.245 e. The number of likely N-dealkylation sites (tertiary alicyclic amines) is 1. The number of amides is 2. The number of fused-ring (bicyclic) bond motifs is 1. The van der Waals surface area contributed by atoms with Crippen LogP contribution in [0.25, 0.3) is 32.9 Å². The van der Waals surface area contributed by atoms with Gasteiger partial charge in [-0.1, -0.05) is 74.0 Å². The first-order chi connectivity index (χ1) is 19.8. The number of rotatable bonds is 7. The fraction of sp³-hybridized carbons (Fsp3) is 0.312. The number of hydrogen-bond donors (Lipinski definition) is 1. The smallest absolute Gasteiger partial charge is 0.245 e. The summed E-state index contributed by atoms with van der Waals surface area (Å²) in [4.78, 5) is 37.3. The second-order valence-corrected chi connectivity index (χ2v) is 12.3. The van der Waals surface area contributed by atoms with Gasteiger partial charge in [-0.05, 0) is 41.0 Å². The van der Waals surface area contributed by atoms with Crippen LogP contribution in [0.2, 0.25) is 5.15 Å². The normalized spacial score (nSPS) is 17.7. The molecule has 0 bridgehead atoms. The molecule has 4 heterocycles. The van der Waals surface area contributed by atoms with Gasteiger partial charge in [0.2, 0.25) is 11.8 Å². The molecule has 2 aliphatic rings. The van der Waals surface area contributed by atoms with Crippen molar-refractivity contribution in [2.45, 2.75) is 52.1 Å². The molecule has 1 fully saturated rings. The standard InChI is InChI=1S/C32H32ClN5O2S/c1-19(2)28(35-20(3)39)31(40)37-14-4-5-27(37)26-17-25(18-34-26)23-8-6-21(7-9-23)22-10-12-24(13-11-22)29-30(33)38-15-16-41-32(38)36-29/h6-13,15-16,18-19,27-28H,4-5,14,17H2,1-3H3,(H,35,39)/t27?,28-/m0/s1. The molecule has 1 saturated heterocycles. The maximum absolute atomic E-state index is 13.4. The van der Waals surface area contributed by atoms with Crippen molar-refractivity contribution >= 4 is 51.0 Å². The van der Waals surface area contributed by atoms with Crippen molar-refractivity contribution in [3.63, 3.8) is 0 Å². The Bertz CT molecular complexity index is 1670. The Morgan fingerprint density at radius 1 is 1.02 bits per heavy atom. The molecule has 7 nitrogen and oxygen atoms in total. The lowest BCUT2D eigenvalue weighted by Crippen LogP contribution is -2.53. The molecule has 9 heteroatoms. The molecule has 4 aromatic rings. The Hall–Kier alpha value is -3.75. The van der Waals surface area contributed by atoms with Gasteiger partial charge in [0, 0.05) is 48.9 Å². The number of imidazole rings is 1. The van der Waals surface area contributed by atoms with E-state index in [1.54, 1.807) is 11.3 Å². The number of carbonyl (C=O) groups is 2. The van der Waals surface area contributed by atoms with Gasteiger partial charge in [0.05, 0.1) is 6.04 Å². The first kappa shape index (κ1) is 27.4. The van der Waals surface area contributed by atoms with Crippen molar-refractivity contribution in [2.24, 2.45) is 10.9 Å². The van der Waals surface area contributed by atoms with Crippen LogP contribution in [-0.4, -0.2) is 50.4 Å². The van der Waals surface area contributed by atoms with E-state index < -0.39 is 6.04 Å². The van der Waals surface area contributed by atoms with E-state index in [1.807, 2.05) is 40.9 Å². The topological polar surface area (TPSA) is 79.1 Å². The predicted octanol–water partition coefficient (Wildman–Crippen LogP) is 6.72. The van der Waals surface area contributed by atoms with E-state index in [1.165, 1.54) is 6.92 Å². The highest BCUT2D eigenvalue weighted by atomic mass is 35.5. The highest BCUT2D eigenvalue weighted by Gasteiger charge is 2.38. The quantitative estimate of drug-likeness (QED) is 0.261. The molecule has 2 aromatic carbocycles. The van der Waals surface area contributed by atoms with Gasteiger partial charge < -0.3 is 10.2 Å². The number of halogens is 1. The van der Waals surface area contributed by atoms with Gasteiger partial charge in [-0.25, -0.2) is 4.98 Å². The highest BCUT2D eigenvalue weighted by Crippen LogP contribution is 2.34. The number of hydrogen-bond acceptors (Lipinski definition) is 5. The van der Waals surface area contributed by atoms with Crippen molar-refractivity contribution in [3.8, 4) is 22.4 Å². The summed E-state index contributed by atoms with van der Waals surface area (Å²) in [7, 11) is 0. The molecule has 2 atom stereocenters. The third-order valence-electron chi connectivity index (χ3n) is 7.92. The fourth-order valence-electron chi connectivity index (χ4n) is 5.75. The second-order valence-electron chi connectivity index (χ2n) is 11.0. The van der Waals surface area contributed by atoms with Gasteiger partial charge in [0.1, 0.15) is 16.9 Å². The van der Waals surface area contributed by atoms with E-state index in [9.17, 15) is 9.59 Å². The van der Waals surface area contributed by atoms with Crippen molar-refractivity contribution in [1.29, 1.82) is 0 Å². The number of allylic oxidation sites excluding steroid dienone is 1. The SMILES string of the molecule is CC(=O)N[C@H](C(=O)N1CCCC1C1=NC=C(c2ccc(-c3ccc(-c4nc5sccn5c4Cl)cc3)cc2)C1)C(C)C. The summed E-state index contributed by atoms with van der Waals surface area (Å²) < 4.78 is 1.90. The zero-order chi connectivity index (χ0) is 28.7. The molecule has 41 heavy (non-hydrogen) atoms. The Kier molecular flexibility index (Phi) is 7.53. The van der Waals surface area contributed by atoms with E-state index in [0.29, 0.717) is 11.7 Å². The van der Waals surface area contributed by atoms with Crippen LogP contribution in [0.5, 0.6) is 0 Å². The van der Waals surface area contributed by atoms with Crippen molar-refractivity contribution in [2.75, 3.05) is 6.54 Å². The number of benzene rings is 2. The van der Waals surface area contributed by atoms with Crippen LogP contribution in [0.3, 0.4) is 0 Å². The first-order valence-corrected chi connectivity index (χ1v) is 15.2. The molecule has 6 rings (SSSR count). The Morgan fingerprint density at radius 3 is 2.32 bits per heavy atom. The van der Waals surface area contributed by atoms with E-state index in [-0.39, 0.29) is 23.8 Å². The Morgan fingerprint density at radius 2 is 1.68 bits per heavy atom. The molecule has 0 aliphatic carbocycles. The zero-order valence-electron chi connectivity index (χ0n) is 23.3. The van der Waals surface area contributed by atoms with Crippen molar-refractivity contribution in [1.82, 2.24) is 19.6 Å². The van der Waals surface area contributed by atoms with E-state index in [4.69, 9.17) is 16.6 Å². The minimum absolute atomic E-state index is 0.0146. The summed E-state index contributed by atoms with van der Waals surface area (Å²) >= 11 is 8.11. The Balaban J connectivity index is 1.12. The number of thiazole rings is 1. The summed E-state index contributed by atoms with van der Waals surface area (Å²) in [6.45, 7) is 6.08. The number of aromatic nitrogens is 2. The lowest BCUT2D eigenvalue weighted by Gasteiger charge is -2.31. The number of carbonyl (C=O) groups excluding carboxylic acids is 2. The molecule has 210 valence electrons. The minimum Gasteiger partial charge on any atom is -0.344 e. The van der Waals surface area contributed by atoms with Crippen molar-refractivity contribution in [3.05, 3.63) is 77.0 Å². The molecular formula is C32H32ClN5O2S. The average Bonchev–Trinajstić information content (AvgIpc) is 3.77. The van der Waals surface area contributed by atoms with Crippen LogP contribution in [0.1, 0.15) is 45.6 Å². The average molecular weight is 586 g/mol. The lowest BCUT2D eigenvalue weighted by molar-refractivity contribution is -0.137.